The van der Waals surface area contributed by atoms with Crippen LogP contribution in [0.3, 0.4) is 0 Å². The molecule has 0 aliphatic carbocycles. The molecule has 0 aromatic heterocycles. The number of hydrogen-bond acceptors (Lipinski definition) is 15. The van der Waals surface area contributed by atoms with Gasteiger partial charge in [0.2, 0.25) is 0 Å². The summed E-state index contributed by atoms with van der Waals surface area (Å²) in [6.45, 7) is 7.28. The van der Waals surface area contributed by atoms with Gasteiger partial charge in [-0.25, -0.2) is 9.13 Å². The van der Waals surface area contributed by atoms with Crippen molar-refractivity contribution in [3.05, 3.63) is 0 Å². The predicted octanol–water partition coefficient (Wildman–Crippen LogP) is 20.9. The molecule has 0 bridgehead atoms. The fourth-order valence-electron chi connectivity index (χ4n) is 11.0. The first kappa shape index (κ1) is 89.1. The van der Waals surface area contributed by atoms with E-state index in [2.05, 4.69) is 34.6 Å². The lowest BCUT2D eigenvalue weighted by Gasteiger charge is -2.21. The van der Waals surface area contributed by atoms with Crippen LogP contribution in [0.15, 0.2) is 0 Å². The first-order chi connectivity index (χ1) is 44.1. The van der Waals surface area contributed by atoms with E-state index in [1.807, 2.05) is 0 Å². The van der Waals surface area contributed by atoms with Crippen LogP contribution in [-0.2, 0) is 65.4 Å². The number of phosphoric ester groups is 2. The molecule has 0 aromatic rings. The summed E-state index contributed by atoms with van der Waals surface area (Å²) in [7, 11) is -9.90. The molecule has 3 unspecified atom stereocenters. The third-order valence-electron chi connectivity index (χ3n) is 17.1. The lowest BCUT2D eigenvalue weighted by atomic mass is 9.99. The van der Waals surface area contributed by atoms with Crippen LogP contribution >= 0.6 is 15.6 Å². The van der Waals surface area contributed by atoms with E-state index < -0.39 is 97.5 Å². The van der Waals surface area contributed by atoms with Crippen LogP contribution in [0.5, 0.6) is 0 Å². The summed E-state index contributed by atoms with van der Waals surface area (Å²) >= 11 is 0. The van der Waals surface area contributed by atoms with Gasteiger partial charge >= 0.3 is 39.5 Å². The van der Waals surface area contributed by atoms with E-state index in [4.69, 9.17) is 37.0 Å². The molecule has 0 amide bonds. The van der Waals surface area contributed by atoms with Crippen molar-refractivity contribution in [1.29, 1.82) is 0 Å². The monoisotopic (exact) mass is 1340 g/mol. The highest BCUT2D eigenvalue weighted by Gasteiger charge is 2.30. The van der Waals surface area contributed by atoms with Gasteiger partial charge in [0, 0.05) is 25.7 Å². The Morgan fingerprint density at radius 3 is 0.780 bits per heavy atom. The molecule has 0 fully saturated rings. The van der Waals surface area contributed by atoms with Gasteiger partial charge < -0.3 is 33.8 Å². The zero-order chi connectivity index (χ0) is 67.0. The van der Waals surface area contributed by atoms with E-state index in [1.54, 1.807) is 0 Å². The average Bonchev–Trinajstić information content (AvgIpc) is 3.74. The van der Waals surface area contributed by atoms with E-state index in [-0.39, 0.29) is 25.7 Å². The molecule has 0 saturated carbocycles. The van der Waals surface area contributed by atoms with Crippen molar-refractivity contribution in [1.82, 2.24) is 0 Å². The summed E-state index contributed by atoms with van der Waals surface area (Å²) in [6, 6.07) is 0. The van der Waals surface area contributed by atoms with E-state index in [9.17, 15) is 43.2 Å². The Labute approximate surface area is 556 Å². The van der Waals surface area contributed by atoms with Crippen LogP contribution in [0.4, 0.5) is 0 Å². The number of rotatable bonds is 72. The largest absolute Gasteiger partial charge is 0.472 e. The molecule has 0 radical (unpaired) electrons. The summed E-state index contributed by atoms with van der Waals surface area (Å²) in [4.78, 5) is 72.6. The maximum Gasteiger partial charge on any atom is 0.472 e. The van der Waals surface area contributed by atoms with Crippen LogP contribution in [0, 0.1) is 5.92 Å². The van der Waals surface area contributed by atoms with Gasteiger partial charge in [0.1, 0.15) is 19.3 Å². The van der Waals surface area contributed by atoms with Gasteiger partial charge in [-0.1, -0.05) is 324 Å². The number of hydrogen-bond donors (Lipinski definition) is 3. The van der Waals surface area contributed by atoms with Crippen LogP contribution in [0.1, 0.15) is 375 Å². The number of aliphatic hydroxyl groups is 1. The first-order valence-corrected chi connectivity index (χ1v) is 40.7. The van der Waals surface area contributed by atoms with Crippen LogP contribution in [0.25, 0.3) is 0 Å². The number of ether oxygens (including phenoxy) is 4. The van der Waals surface area contributed by atoms with Crippen LogP contribution in [0.2, 0.25) is 0 Å². The Bertz CT molecular complexity index is 1760. The number of esters is 4. The summed E-state index contributed by atoms with van der Waals surface area (Å²) in [5, 5.41) is 10.6. The second kappa shape index (κ2) is 65.4. The Hall–Kier alpha value is -1.94. The van der Waals surface area contributed by atoms with Crippen molar-refractivity contribution >= 4 is 39.5 Å². The van der Waals surface area contributed by atoms with Crippen molar-refractivity contribution in [2.24, 2.45) is 5.92 Å². The minimum atomic E-state index is -4.95. The SMILES string of the molecule is CCCCCCCCCCCCCCCCCCCC(=O)O[C@H](COC(=O)CCCCCCCCCCCCC(C)CC)COP(=O)(O)OC[C@@H](O)COP(=O)(O)OC[C@@H](COC(=O)CCCCCCCCCCC)OC(=O)CCCCCCCCCCCCC. The normalized spacial score (nSPS) is 14.3. The Kier molecular flexibility index (Phi) is 64.0. The minimum absolute atomic E-state index is 0.107. The second-order valence-electron chi connectivity index (χ2n) is 26.2. The summed E-state index contributed by atoms with van der Waals surface area (Å²) < 4.78 is 68.3. The van der Waals surface area contributed by atoms with E-state index >= 15 is 0 Å². The zero-order valence-corrected chi connectivity index (χ0v) is 60.8. The van der Waals surface area contributed by atoms with Gasteiger partial charge in [-0.15, -0.1) is 0 Å². The van der Waals surface area contributed by atoms with E-state index in [0.29, 0.717) is 25.7 Å². The van der Waals surface area contributed by atoms with Gasteiger partial charge in [-0.2, -0.15) is 0 Å². The Morgan fingerprint density at radius 1 is 0.308 bits per heavy atom. The van der Waals surface area contributed by atoms with Crippen molar-refractivity contribution in [2.45, 2.75) is 393 Å². The fourth-order valence-corrected chi connectivity index (χ4v) is 12.5. The lowest BCUT2D eigenvalue weighted by molar-refractivity contribution is -0.161. The second-order valence-corrected chi connectivity index (χ2v) is 29.1. The molecule has 0 aliphatic rings. The molecule has 17 nitrogen and oxygen atoms in total. The molecule has 19 heteroatoms. The number of phosphoric acid groups is 2. The van der Waals surface area contributed by atoms with Gasteiger partial charge in [-0.05, 0) is 31.6 Å². The summed E-state index contributed by atoms with van der Waals surface area (Å²) in [5.41, 5.74) is 0. The highest BCUT2D eigenvalue weighted by Crippen LogP contribution is 2.45. The summed E-state index contributed by atoms with van der Waals surface area (Å²) in [5.74, 6) is -1.31. The van der Waals surface area contributed by atoms with Gasteiger partial charge in [0.05, 0.1) is 26.4 Å². The molecule has 91 heavy (non-hydrogen) atoms. The molecular weight excluding hydrogens is 1200 g/mol. The molecule has 0 rings (SSSR count). The third-order valence-corrected chi connectivity index (χ3v) is 19.0. The zero-order valence-electron chi connectivity index (χ0n) is 59.0. The predicted molar refractivity (Wildman–Crippen MR) is 368 cm³/mol. The maximum atomic E-state index is 13.0. The fraction of sp³-hybridized carbons (Fsp3) is 0.944. The molecule has 0 heterocycles. The first-order valence-electron chi connectivity index (χ1n) is 37.7. The molecule has 0 spiro atoms. The number of carbonyl (C=O) groups is 4. The number of unbranched alkanes of at least 4 members (excludes halogenated alkanes) is 43. The molecule has 0 saturated heterocycles. The van der Waals surface area contributed by atoms with E-state index in [0.717, 1.165) is 95.8 Å². The Morgan fingerprint density at radius 2 is 0.527 bits per heavy atom. The molecule has 3 N–H and O–H groups in total. The quantitative estimate of drug-likeness (QED) is 0.0222. The van der Waals surface area contributed by atoms with Gasteiger partial charge in [-0.3, -0.25) is 37.3 Å². The van der Waals surface area contributed by atoms with Gasteiger partial charge in [0.15, 0.2) is 12.2 Å². The molecule has 540 valence electrons. The standard InChI is InChI=1S/C72H140O17P2/c1-6-10-13-16-19-22-24-25-26-27-28-29-31-38-43-48-53-58-72(77)89-68(62-83-70(75)56-51-46-41-36-33-32-35-39-44-49-54-65(5)9-4)64-87-91(80,81)85-60-66(73)59-84-90(78,79)86-63-67(61-82-69(74)55-50-45-40-34-21-18-15-12-8-3)88-71(76)57-52-47-42-37-30-23-20-17-14-11-7-2/h65-68,73H,6-64H2,1-5H3,(H,78,79)(H,80,81)/t65?,66-,67+,68+/m0/s1. The highest BCUT2D eigenvalue weighted by atomic mass is 31.2. The average molecular weight is 1340 g/mol. The number of aliphatic hydroxyl groups excluding tert-OH is 1. The molecular formula is C72H140O17P2. The lowest BCUT2D eigenvalue weighted by Crippen LogP contribution is -2.30. The highest BCUT2D eigenvalue weighted by molar-refractivity contribution is 7.47. The Balaban J connectivity index is 5.23. The van der Waals surface area contributed by atoms with Crippen LogP contribution in [-0.4, -0.2) is 96.7 Å². The molecule has 0 aliphatic heterocycles. The van der Waals surface area contributed by atoms with Crippen molar-refractivity contribution < 1.29 is 80.2 Å². The van der Waals surface area contributed by atoms with Crippen molar-refractivity contribution in [2.75, 3.05) is 39.6 Å². The molecule has 6 atom stereocenters. The van der Waals surface area contributed by atoms with Gasteiger partial charge in [0.25, 0.3) is 0 Å². The van der Waals surface area contributed by atoms with Crippen LogP contribution < -0.4 is 0 Å². The maximum absolute atomic E-state index is 13.0. The third kappa shape index (κ3) is 65.1. The smallest absolute Gasteiger partial charge is 0.462 e. The summed E-state index contributed by atoms with van der Waals surface area (Å²) in [6.07, 6.45) is 52.5. The van der Waals surface area contributed by atoms with Crippen molar-refractivity contribution in [3.8, 4) is 0 Å². The number of carbonyl (C=O) groups excluding carboxylic acids is 4. The topological polar surface area (TPSA) is 237 Å². The minimum Gasteiger partial charge on any atom is -0.462 e. The van der Waals surface area contributed by atoms with Crippen molar-refractivity contribution in [3.63, 3.8) is 0 Å². The molecule has 0 aromatic carbocycles. The van der Waals surface area contributed by atoms with E-state index in [1.165, 1.54) is 199 Å².